The lowest BCUT2D eigenvalue weighted by Crippen LogP contribution is -2.14. The van der Waals surface area contributed by atoms with Crippen molar-refractivity contribution in [2.45, 2.75) is 26.2 Å². The van der Waals surface area contributed by atoms with Crippen LogP contribution in [0.4, 0.5) is 5.82 Å². The van der Waals surface area contributed by atoms with Gasteiger partial charge in [0.1, 0.15) is 12.1 Å². The third-order valence-corrected chi connectivity index (χ3v) is 2.94. The Kier molecular flexibility index (Phi) is 3.78. The molecule has 94 valence electrons. The topological polar surface area (TPSA) is 70.3 Å². The summed E-state index contributed by atoms with van der Waals surface area (Å²) in [6, 6.07) is 0. The van der Waals surface area contributed by atoms with Crippen LogP contribution in [0.3, 0.4) is 0 Å². The predicted octanol–water partition coefficient (Wildman–Crippen LogP) is 1.60. The molecule has 1 saturated heterocycles. The smallest absolute Gasteiger partial charge is 0.222 e. The standard InChI is InChI=1S/C12H19N3O2/c1-8(2)10-11(13)14-7-15-12(10)17-6-9-3-4-16-5-9/h7-9H,3-6H2,1-2H3,(H2,13,14,15). The Morgan fingerprint density at radius 3 is 3.00 bits per heavy atom. The monoisotopic (exact) mass is 237 g/mol. The summed E-state index contributed by atoms with van der Waals surface area (Å²) in [7, 11) is 0. The fourth-order valence-corrected chi connectivity index (χ4v) is 1.96. The first-order chi connectivity index (χ1) is 8.18. The maximum Gasteiger partial charge on any atom is 0.222 e. The number of hydrogen-bond acceptors (Lipinski definition) is 5. The number of nitrogens with zero attached hydrogens (tertiary/aromatic N) is 2. The molecule has 0 amide bonds. The Labute approximate surface area is 101 Å². The van der Waals surface area contributed by atoms with Crippen molar-refractivity contribution in [1.29, 1.82) is 0 Å². The molecule has 1 fully saturated rings. The second kappa shape index (κ2) is 5.31. The maximum absolute atomic E-state index is 5.85. The summed E-state index contributed by atoms with van der Waals surface area (Å²) < 4.78 is 11.1. The minimum Gasteiger partial charge on any atom is -0.477 e. The first-order valence-electron chi connectivity index (χ1n) is 5.99. The van der Waals surface area contributed by atoms with Gasteiger partial charge in [0.05, 0.1) is 18.8 Å². The first-order valence-corrected chi connectivity index (χ1v) is 5.99. The summed E-state index contributed by atoms with van der Waals surface area (Å²) >= 11 is 0. The van der Waals surface area contributed by atoms with E-state index in [1.807, 2.05) is 0 Å². The van der Waals surface area contributed by atoms with Gasteiger partial charge < -0.3 is 15.2 Å². The highest BCUT2D eigenvalue weighted by Crippen LogP contribution is 2.28. The summed E-state index contributed by atoms with van der Waals surface area (Å²) in [5.41, 5.74) is 6.75. The van der Waals surface area contributed by atoms with Gasteiger partial charge >= 0.3 is 0 Å². The number of hydrogen-bond donors (Lipinski definition) is 1. The molecule has 0 bridgehead atoms. The summed E-state index contributed by atoms with van der Waals surface area (Å²) in [6.45, 7) is 6.35. The average molecular weight is 237 g/mol. The van der Waals surface area contributed by atoms with E-state index in [0.29, 0.717) is 24.2 Å². The van der Waals surface area contributed by atoms with Gasteiger partial charge in [-0.05, 0) is 12.3 Å². The predicted molar refractivity (Wildman–Crippen MR) is 65.0 cm³/mol. The van der Waals surface area contributed by atoms with Crippen LogP contribution in [0.1, 0.15) is 31.7 Å². The molecular weight excluding hydrogens is 218 g/mol. The minimum absolute atomic E-state index is 0.256. The number of rotatable bonds is 4. The van der Waals surface area contributed by atoms with Crippen molar-refractivity contribution in [2.24, 2.45) is 5.92 Å². The summed E-state index contributed by atoms with van der Waals surface area (Å²) in [5, 5.41) is 0. The second-order valence-electron chi connectivity index (χ2n) is 4.67. The van der Waals surface area contributed by atoms with Crippen LogP contribution >= 0.6 is 0 Å². The maximum atomic E-state index is 5.85. The van der Waals surface area contributed by atoms with E-state index in [4.69, 9.17) is 15.2 Å². The lowest BCUT2D eigenvalue weighted by molar-refractivity contribution is 0.165. The van der Waals surface area contributed by atoms with Crippen molar-refractivity contribution >= 4 is 5.82 Å². The molecule has 1 aliphatic rings. The van der Waals surface area contributed by atoms with Crippen LogP contribution in [-0.2, 0) is 4.74 Å². The SMILES string of the molecule is CC(C)c1c(N)ncnc1OCC1CCOC1. The summed E-state index contributed by atoms with van der Waals surface area (Å²) in [4.78, 5) is 8.17. The third-order valence-electron chi connectivity index (χ3n) is 2.94. The summed E-state index contributed by atoms with van der Waals surface area (Å²) in [6.07, 6.45) is 2.50. The highest BCUT2D eigenvalue weighted by atomic mass is 16.5. The van der Waals surface area contributed by atoms with E-state index >= 15 is 0 Å². The van der Waals surface area contributed by atoms with Crippen LogP contribution in [0, 0.1) is 5.92 Å². The first kappa shape index (κ1) is 12.1. The van der Waals surface area contributed by atoms with Crippen LogP contribution in [0.2, 0.25) is 0 Å². The fraction of sp³-hybridized carbons (Fsp3) is 0.667. The zero-order valence-electron chi connectivity index (χ0n) is 10.3. The van der Waals surface area contributed by atoms with Gasteiger partial charge in [-0.2, -0.15) is 0 Å². The van der Waals surface area contributed by atoms with Crippen LogP contribution in [-0.4, -0.2) is 29.8 Å². The molecule has 1 aliphatic heterocycles. The number of anilines is 1. The molecule has 0 aromatic carbocycles. The van der Waals surface area contributed by atoms with Crippen molar-refractivity contribution in [3.05, 3.63) is 11.9 Å². The largest absolute Gasteiger partial charge is 0.477 e. The van der Waals surface area contributed by atoms with E-state index in [-0.39, 0.29) is 5.92 Å². The van der Waals surface area contributed by atoms with Gasteiger partial charge in [-0.1, -0.05) is 13.8 Å². The van der Waals surface area contributed by atoms with Crippen LogP contribution in [0.5, 0.6) is 5.88 Å². The number of ether oxygens (including phenoxy) is 2. The van der Waals surface area contributed by atoms with E-state index in [1.165, 1.54) is 6.33 Å². The van der Waals surface area contributed by atoms with E-state index in [1.54, 1.807) is 0 Å². The quantitative estimate of drug-likeness (QED) is 0.861. The molecule has 2 N–H and O–H groups in total. The molecule has 1 unspecified atom stereocenters. The molecule has 2 rings (SSSR count). The Bertz CT molecular complexity index is 376. The van der Waals surface area contributed by atoms with Crippen molar-refractivity contribution in [2.75, 3.05) is 25.6 Å². The van der Waals surface area contributed by atoms with Gasteiger partial charge in [-0.3, -0.25) is 0 Å². The number of nitrogens with two attached hydrogens (primary N) is 1. The highest BCUT2D eigenvalue weighted by molar-refractivity contribution is 5.46. The molecule has 0 saturated carbocycles. The Morgan fingerprint density at radius 2 is 2.35 bits per heavy atom. The Hall–Kier alpha value is -1.36. The summed E-state index contributed by atoms with van der Waals surface area (Å²) in [5.74, 6) is 1.84. The molecular formula is C12H19N3O2. The van der Waals surface area contributed by atoms with Gasteiger partial charge in [0.25, 0.3) is 0 Å². The molecule has 17 heavy (non-hydrogen) atoms. The Morgan fingerprint density at radius 1 is 1.53 bits per heavy atom. The average Bonchev–Trinajstić information content (AvgIpc) is 2.78. The van der Waals surface area contributed by atoms with Crippen molar-refractivity contribution in [3.63, 3.8) is 0 Å². The normalized spacial score (nSPS) is 19.8. The van der Waals surface area contributed by atoms with Crippen molar-refractivity contribution in [3.8, 4) is 5.88 Å². The van der Waals surface area contributed by atoms with E-state index < -0.39 is 0 Å². The molecule has 5 heteroatoms. The molecule has 1 aromatic rings. The molecule has 0 aliphatic carbocycles. The van der Waals surface area contributed by atoms with Gasteiger partial charge in [-0.15, -0.1) is 0 Å². The minimum atomic E-state index is 0.256. The fourth-order valence-electron chi connectivity index (χ4n) is 1.96. The van der Waals surface area contributed by atoms with Gasteiger partial charge in [-0.25, -0.2) is 9.97 Å². The zero-order valence-corrected chi connectivity index (χ0v) is 10.3. The third kappa shape index (κ3) is 2.85. The highest BCUT2D eigenvalue weighted by Gasteiger charge is 2.19. The molecule has 1 aromatic heterocycles. The molecule has 5 nitrogen and oxygen atoms in total. The van der Waals surface area contributed by atoms with Gasteiger partial charge in [0.15, 0.2) is 0 Å². The number of aromatic nitrogens is 2. The van der Waals surface area contributed by atoms with Gasteiger partial charge in [0, 0.05) is 12.5 Å². The number of nitrogen functional groups attached to an aromatic ring is 1. The van der Waals surface area contributed by atoms with Gasteiger partial charge in [0.2, 0.25) is 5.88 Å². The Balaban J connectivity index is 2.06. The van der Waals surface area contributed by atoms with E-state index in [2.05, 4.69) is 23.8 Å². The lowest BCUT2D eigenvalue weighted by Gasteiger charge is -2.15. The van der Waals surface area contributed by atoms with Crippen molar-refractivity contribution < 1.29 is 9.47 Å². The zero-order chi connectivity index (χ0) is 12.3. The molecule has 1 atom stereocenters. The molecule has 0 spiro atoms. The lowest BCUT2D eigenvalue weighted by atomic mass is 10.1. The van der Waals surface area contributed by atoms with Crippen LogP contribution in [0.15, 0.2) is 6.33 Å². The second-order valence-corrected chi connectivity index (χ2v) is 4.67. The van der Waals surface area contributed by atoms with Crippen LogP contribution < -0.4 is 10.5 Å². The van der Waals surface area contributed by atoms with Crippen molar-refractivity contribution in [1.82, 2.24) is 9.97 Å². The van der Waals surface area contributed by atoms with E-state index in [9.17, 15) is 0 Å². The molecule has 0 radical (unpaired) electrons. The van der Waals surface area contributed by atoms with Crippen LogP contribution in [0.25, 0.3) is 0 Å². The molecule has 2 heterocycles. The van der Waals surface area contributed by atoms with E-state index in [0.717, 1.165) is 25.2 Å².